The van der Waals surface area contributed by atoms with Crippen molar-refractivity contribution in [1.82, 2.24) is 10.6 Å². The van der Waals surface area contributed by atoms with Crippen molar-refractivity contribution >= 4 is 11.8 Å². The fourth-order valence-corrected chi connectivity index (χ4v) is 3.42. The van der Waals surface area contributed by atoms with Gasteiger partial charge >= 0.3 is 0 Å². The van der Waals surface area contributed by atoms with Gasteiger partial charge in [0.25, 0.3) is 0 Å². The summed E-state index contributed by atoms with van der Waals surface area (Å²) in [4.78, 5) is 25.2. The van der Waals surface area contributed by atoms with Crippen LogP contribution in [0.3, 0.4) is 0 Å². The normalized spacial score (nSPS) is 20.0. The van der Waals surface area contributed by atoms with Crippen LogP contribution in [0.25, 0.3) is 0 Å². The Hall–Kier alpha value is -1.84. The number of carbonyl (C=O) groups is 2. The molecule has 0 radical (unpaired) electrons. The summed E-state index contributed by atoms with van der Waals surface area (Å²) in [5.74, 6) is 0.0894. The van der Waals surface area contributed by atoms with Crippen molar-refractivity contribution in [2.75, 3.05) is 0 Å². The molecule has 2 fully saturated rings. The highest BCUT2D eigenvalue weighted by atomic mass is 16.2. The highest BCUT2D eigenvalue weighted by Crippen LogP contribution is 2.23. The third kappa shape index (κ3) is 5.08. The molecule has 0 heterocycles. The summed E-state index contributed by atoms with van der Waals surface area (Å²) in [7, 11) is 0. The molecule has 2 aliphatic rings. The molecule has 4 nitrogen and oxygen atoms in total. The van der Waals surface area contributed by atoms with Gasteiger partial charge in [-0.25, -0.2) is 0 Å². The third-order valence-corrected chi connectivity index (χ3v) is 5.07. The lowest BCUT2D eigenvalue weighted by Crippen LogP contribution is -2.50. The maximum Gasteiger partial charge on any atom is 0.243 e. The van der Waals surface area contributed by atoms with Gasteiger partial charge in [0, 0.05) is 18.4 Å². The molecular weight excluding hydrogens is 300 g/mol. The molecule has 0 spiro atoms. The van der Waals surface area contributed by atoms with Gasteiger partial charge in [0.1, 0.15) is 6.04 Å². The summed E-state index contributed by atoms with van der Waals surface area (Å²) >= 11 is 0. The smallest absolute Gasteiger partial charge is 0.243 e. The molecule has 0 aromatic heterocycles. The minimum Gasteiger partial charge on any atom is -0.352 e. The van der Waals surface area contributed by atoms with Gasteiger partial charge in [-0.05, 0) is 31.2 Å². The Morgan fingerprint density at radius 2 is 1.62 bits per heavy atom. The molecule has 2 amide bonds. The van der Waals surface area contributed by atoms with Crippen molar-refractivity contribution in [3.05, 3.63) is 35.9 Å². The molecule has 3 rings (SSSR count). The van der Waals surface area contributed by atoms with Gasteiger partial charge in [-0.15, -0.1) is 0 Å². The molecule has 0 bridgehead atoms. The summed E-state index contributed by atoms with van der Waals surface area (Å²) < 4.78 is 0. The zero-order chi connectivity index (χ0) is 16.8. The van der Waals surface area contributed by atoms with E-state index in [-0.39, 0.29) is 17.7 Å². The topological polar surface area (TPSA) is 58.2 Å². The van der Waals surface area contributed by atoms with Gasteiger partial charge in [0.15, 0.2) is 0 Å². The van der Waals surface area contributed by atoms with Crippen LogP contribution in [0.2, 0.25) is 0 Å². The van der Waals surface area contributed by atoms with E-state index in [0.29, 0.717) is 12.5 Å². The van der Waals surface area contributed by atoms with Crippen LogP contribution in [0.5, 0.6) is 0 Å². The molecule has 1 unspecified atom stereocenters. The van der Waals surface area contributed by atoms with E-state index in [0.717, 1.165) is 44.1 Å². The molecule has 0 aliphatic heterocycles. The Bertz CT molecular complexity index is 546. The van der Waals surface area contributed by atoms with Gasteiger partial charge < -0.3 is 10.6 Å². The van der Waals surface area contributed by atoms with Crippen LogP contribution in [0.4, 0.5) is 0 Å². The van der Waals surface area contributed by atoms with Gasteiger partial charge in [-0.3, -0.25) is 9.59 Å². The van der Waals surface area contributed by atoms with E-state index in [1.165, 1.54) is 12.8 Å². The molecule has 4 heteroatoms. The lowest BCUT2D eigenvalue weighted by Gasteiger charge is -2.22. The number of benzene rings is 1. The quantitative estimate of drug-likeness (QED) is 0.789. The molecule has 2 N–H and O–H groups in total. The summed E-state index contributed by atoms with van der Waals surface area (Å²) in [6, 6.07) is 9.77. The Kier molecular flexibility index (Phi) is 5.89. The number of hydrogen-bond acceptors (Lipinski definition) is 2. The molecular formula is C20H28N2O2. The number of nitrogens with one attached hydrogen (secondary N) is 2. The summed E-state index contributed by atoms with van der Waals surface area (Å²) in [6.07, 6.45) is 9.26. The average Bonchev–Trinajstić information content (AvgIpc) is 3.41. The second-order valence-electron chi connectivity index (χ2n) is 7.22. The molecule has 24 heavy (non-hydrogen) atoms. The van der Waals surface area contributed by atoms with E-state index in [1.54, 1.807) is 0 Å². The van der Waals surface area contributed by atoms with Crippen LogP contribution in [0.15, 0.2) is 30.3 Å². The zero-order valence-electron chi connectivity index (χ0n) is 14.3. The minimum atomic E-state index is -0.469. The lowest BCUT2D eigenvalue weighted by molar-refractivity contribution is -0.131. The summed E-state index contributed by atoms with van der Waals surface area (Å²) in [5, 5.41) is 6.09. The first-order valence-corrected chi connectivity index (χ1v) is 9.37. The van der Waals surface area contributed by atoms with Crippen LogP contribution in [-0.4, -0.2) is 23.9 Å². The van der Waals surface area contributed by atoms with Crippen LogP contribution < -0.4 is 10.6 Å². The Balaban J connectivity index is 1.63. The first-order valence-electron chi connectivity index (χ1n) is 9.37. The van der Waals surface area contributed by atoms with Crippen LogP contribution >= 0.6 is 0 Å². The van der Waals surface area contributed by atoms with Crippen molar-refractivity contribution in [2.24, 2.45) is 5.92 Å². The standard InChI is InChI=1S/C20H28N2O2/c23-19(16-10-6-1-2-7-11-16)22-18(20(24)21-17-12-13-17)14-15-8-4-3-5-9-15/h3-5,8-9,16-18H,1-2,6-7,10-14H2,(H,21,24)(H,22,23). The largest absolute Gasteiger partial charge is 0.352 e. The first-order chi connectivity index (χ1) is 11.7. The number of amides is 2. The maximum absolute atomic E-state index is 12.7. The van der Waals surface area contributed by atoms with E-state index < -0.39 is 6.04 Å². The Morgan fingerprint density at radius 1 is 0.958 bits per heavy atom. The first kappa shape index (κ1) is 17.0. The van der Waals surface area contributed by atoms with Gasteiger partial charge in [-0.2, -0.15) is 0 Å². The van der Waals surface area contributed by atoms with E-state index in [9.17, 15) is 9.59 Å². The predicted molar refractivity (Wildman–Crippen MR) is 94.4 cm³/mol. The molecule has 2 aliphatic carbocycles. The maximum atomic E-state index is 12.7. The number of carbonyl (C=O) groups excluding carboxylic acids is 2. The Morgan fingerprint density at radius 3 is 2.25 bits per heavy atom. The van der Waals surface area contributed by atoms with Crippen molar-refractivity contribution in [3.8, 4) is 0 Å². The molecule has 130 valence electrons. The summed E-state index contributed by atoms with van der Waals surface area (Å²) in [5.41, 5.74) is 1.08. The summed E-state index contributed by atoms with van der Waals surface area (Å²) in [6.45, 7) is 0. The van der Waals surface area contributed by atoms with E-state index in [4.69, 9.17) is 0 Å². The Labute approximate surface area is 144 Å². The van der Waals surface area contributed by atoms with Crippen LogP contribution in [0, 0.1) is 5.92 Å². The highest BCUT2D eigenvalue weighted by Gasteiger charge is 2.30. The minimum absolute atomic E-state index is 0.0386. The third-order valence-electron chi connectivity index (χ3n) is 5.07. The second kappa shape index (κ2) is 8.32. The van der Waals surface area contributed by atoms with Crippen LogP contribution in [0.1, 0.15) is 56.9 Å². The molecule has 1 aromatic rings. The fraction of sp³-hybridized carbons (Fsp3) is 0.600. The lowest BCUT2D eigenvalue weighted by atomic mass is 9.98. The van der Waals surface area contributed by atoms with Gasteiger partial charge in [-0.1, -0.05) is 56.0 Å². The molecule has 0 saturated heterocycles. The molecule has 2 saturated carbocycles. The van der Waals surface area contributed by atoms with Gasteiger partial charge in [0.05, 0.1) is 0 Å². The number of hydrogen-bond donors (Lipinski definition) is 2. The number of rotatable bonds is 6. The average molecular weight is 328 g/mol. The van der Waals surface area contributed by atoms with Crippen molar-refractivity contribution in [3.63, 3.8) is 0 Å². The van der Waals surface area contributed by atoms with Crippen LogP contribution in [-0.2, 0) is 16.0 Å². The zero-order valence-corrected chi connectivity index (χ0v) is 14.3. The predicted octanol–water partition coefficient (Wildman–Crippen LogP) is 2.96. The molecule has 1 atom stereocenters. The van der Waals surface area contributed by atoms with Crippen molar-refractivity contribution < 1.29 is 9.59 Å². The molecule has 1 aromatic carbocycles. The van der Waals surface area contributed by atoms with Gasteiger partial charge in [0.2, 0.25) is 11.8 Å². The van der Waals surface area contributed by atoms with Crippen molar-refractivity contribution in [2.45, 2.75) is 69.9 Å². The van der Waals surface area contributed by atoms with E-state index >= 15 is 0 Å². The van der Waals surface area contributed by atoms with E-state index in [2.05, 4.69) is 10.6 Å². The second-order valence-corrected chi connectivity index (χ2v) is 7.22. The van der Waals surface area contributed by atoms with E-state index in [1.807, 2.05) is 30.3 Å². The SMILES string of the molecule is O=C(NC(Cc1ccccc1)C(=O)NC1CC1)C1CCCCCC1. The fourth-order valence-electron chi connectivity index (χ4n) is 3.42. The van der Waals surface area contributed by atoms with Crippen molar-refractivity contribution in [1.29, 1.82) is 0 Å². The monoisotopic (exact) mass is 328 g/mol. The highest BCUT2D eigenvalue weighted by molar-refractivity contribution is 5.89.